The zero-order valence-corrected chi connectivity index (χ0v) is 16.9. The second kappa shape index (κ2) is 9.20. The normalized spacial score (nSPS) is 10.7. The number of aromatic amines is 1. The van der Waals surface area contributed by atoms with Crippen LogP contribution in [0.3, 0.4) is 0 Å². The number of nitrogens with zero attached hydrogens (tertiary/aromatic N) is 4. The molecule has 2 rings (SSSR count). The number of aromatic nitrogens is 3. The van der Waals surface area contributed by atoms with E-state index in [2.05, 4.69) is 9.97 Å². The van der Waals surface area contributed by atoms with Gasteiger partial charge in [-0.1, -0.05) is 20.3 Å². The van der Waals surface area contributed by atoms with Gasteiger partial charge < -0.3 is 15.5 Å². The third-order valence-electron chi connectivity index (χ3n) is 4.36. The number of carbonyl (C=O) groups is 1. The van der Waals surface area contributed by atoms with Gasteiger partial charge in [0.25, 0.3) is 11.5 Å². The molecule has 0 aromatic carbocycles. The summed E-state index contributed by atoms with van der Waals surface area (Å²) in [6, 6.07) is 3.26. The summed E-state index contributed by atoms with van der Waals surface area (Å²) < 4.78 is 1.29. The van der Waals surface area contributed by atoms with Crippen molar-refractivity contribution < 1.29 is 4.79 Å². The molecule has 0 radical (unpaired) electrons. The molecular weight excluding hydrogens is 360 g/mol. The Bertz CT molecular complexity index is 947. The second-order valence-corrected chi connectivity index (χ2v) is 6.75. The van der Waals surface area contributed by atoms with Crippen LogP contribution in [0.15, 0.2) is 27.9 Å². The molecule has 2 heterocycles. The van der Waals surface area contributed by atoms with E-state index in [4.69, 9.17) is 5.73 Å². The lowest BCUT2D eigenvalue weighted by atomic mass is 10.2. The van der Waals surface area contributed by atoms with Crippen LogP contribution in [0.25, 0.3) is 0 Å². The summed E-state index contributed by atoms with van der Waals surface area (Å²) in [4.78, 5) is 47.6. The molecule has 0 bridgehead atoms. The Kier molecular flexibility index (Phi) is 6.97. The van der Waals surface area contributed by atoms with E-state index in [9.17, 15) is 14.4 Å². The van der Waals surface area contributed by atoms with Crippen LogP contribution >= 0.6 is 0 Å². The topological polar surface area (TPSA) is 117 Å². The van der Waals surface area contributed by atoms with Crippen LogP contribution in [0.1, 0.15) is 43.5 Å². The number of amides is 1. The van der Waals surface area contributed by atoms with Crippen molar-refractivity contribution in [2.75, 3.05) is 36.2 Å². The average molecular weight is 388 g/mol. The van der Waals surface area contributed by atoms with Gasteiger partial charge in [-0.2, -0.15) is 0 Å². The van der Waals surface area contributed by atoms with E-state index in [0.29, 0.717) is 37.3 Å². The summed E-state index contributed by atoms with van der Waals surface area (Å²) in [6.45, 7) is 4.55. The number of nitrogens with one attached hydrogen (secondary N) is 1. The second-order valence-electron chi connectivity index (χ2n) is 6.75. The summed E-state index contributed by atoms with van der Waals surface area (Å²) in [5, 5.41) is 0. The van der Waals surface area contributed by atoms with E-state index in [0.717, 1.165) is 6.42 Å². The van der Waals surface area contributed by atoms with Crippen LogP contribution < -0.4 is 26.8 Å². The van der Waals surface area contributed by atoms with Gasteiger partial charge in [0.2, 0.25) is 0 Å². The summed E-state index contributed by atoms with van der Waals surface area (Å²) in [5.74, 6) is 0.263. The molecular formula is C19H28N6O3. The third kappa shape index (κ3) is 4.41. The quantitative estimate of drug-likeness (QED) is 0.706. The van der Waals surface area contributed by atoms with E-state index < -0.39 is 11.2 Å². The zero-order valence-electron chi connectivity index (χ0n) is 16.9. The number of unbranched alkanes of at least 4 members (excludes halogenated alkanes) is 1. The van der Waals surface area contributed by atoms with Crippen LogP contribution in [0, 0.1) is 0 Å². The summed E-state index contributed by atoms with van der Waals surface area (Å²) in [6.07, 6.45) is 3.72. The van der Waals surface area contributed by atoms with Crippen molar-refractivity contribution in [2.45, 2.75) is 39.7 Å². The van der Waals surface area contributed by atoms with E-state index >= 15 is 0 Å². The highest BCUT2D eigenvalue weighted by Crippen LogP contribution is 2.21. The molecule has 2 aromatic rings. The predicted octanol–water partition coefficient (Wildman–Crippen LogP) is 1.44. The number of anilines is 3. The summed E-state index contributed by atoms with van der Waals surface area (Å²) in [5.41, 5.74) is 5.33. The minimum absolute atomic E-state index is 0.00180. The first-order valence-corrected chi connectivity index (χ1v) is 9.39. The van der Waals surface area contributed by atoms with E-state index in [1.165, 1.54) is 9.47 Å². The average Bonchev–Trinajstić information content (AvgIpc) is 2.67. The molecule has 152 valence electrons. The molecule has 0 unspecified atom stereocenters. The fourth-order valence-electron chi connectivity index (χ4n) is 2.87. The molecule has 0 saturated carbocycles. The van der Waals surface area contributed by atoms with Gasteiger partial charge in [0.05, 0.1) is 0 Å². The third-order valence-corrected chi connectivity index (χ3v) is 4.36. The fourth-order valence-corrected chi connectivity index (χ4v) is 2.87. The zero-order chi connectivity index (χ0) is 20.8. The Morgan fingerprint density at radius 2 is 1.96 bits per heavy atom. The first kappa shape index (κ1) is 21.2. The van der Waals surface area contributed by atoms with Gasteiger partial charge in [0.15, 0.2) is 5.69 Å². The van der Waals surface area contributed by atoms with E-state index in [1.54, 1.807) is 23.2 Å². The van der Waals surface area contributed by atoms with Crippen molar-refractivity contribution in [2.24, 2.45) is 0 Å². The highest BCUT2D eigenvalue weighted by atomic mass is 16.2. The van der Waals surface area contributed by atoms with Crippen LogP contribution in [-0.2, 0) is 6.54 Å². The number of nitrogen functional groups attached to an aromatic ring is 1. The van der Waals surface area contributed by atoms with E-state index in [-0.39, 0.29) is 17.4 Å². The Morgan fingerprint density at radius 3 is 2.57 bits per heavy atom. The molecule has 9 nitrogen and oxygen atoms in total. The lowest BCUT2D eigenvalue weighted by Gasteiger charge is -2.25. The molecule has 1 amide bonds. The van der Waals surface area contributed by atoms with Gasteiger partial charge in [-0.05, 0) is 25.0 Å². The Balaban J connectivity index is 2.60. The number of hydrogen-bond donors (Lipinski definition) is 2. The molecule has 3 N–H and O–H groups in total. The van der Waals surface area contributed by atoms with Gasteiger partial charge in [-0.25, -0.2) is 9.78 Å². The summed E-state index contributed by atoms with van der Waals surface area (Å²) in [7, 11) is 3.66. The summed E-state index contributed by atoms with van der Waals surface area (Å²) >= 11 is 0. The maximum absolute atomic E-state index is 13.3. The number of nitrogens with two attached hydrogens (primary N) is 1. The van der Waals surface area contributed by atoms with Crippen molar-refractivity contribution in [3.05, 3.63) is 44.7 Å². The van der Waals surface area contributed by atoms with E-state index in [1.807, 2.05) is 27.9 Å². The SMILES string of the molecule is CCCCN(C(=O)c1ccnc(N(C)C)c1)c1c(N)n(CCC)c(=O)[nH]c1=O. The number of pyridine rings is 1. The Labute approximate surface area is 163 Å². The van der Waals surface area contributed by atoms with Crippen molar-refractivity contribution in [1.29, 1.82) is 0 Å². The maximum Gasteiger partial charge on any atom is 0.330 e. The molecule has 0 aliphatic rings. The molecule has 0 aliphatic heterocycles. The minimum Gasteiger partial charge on any atom is -0.383 e. The van der Waals surface area contributed by atoms with Crippen molar-refractivity contribution >= 4 is 23.2 Å². The van der Waals surface area contributed by atoms with Crippen LogP contribution in [-0.4, -0.2) is 41.1 Å². The number of carbonyl (C=O) groups excluding carboxylic acids is 1. The van der Waals surface area contributed by atoms with Gasteiger partial charge in [-0.15, -0.1) is 0 Å². The molecule has 9 heteroatoms. The molecule has 0 spiro atoms. The number of rotatable bonds is 8. The highest BCUT2D eigenvalue weighted by molar-refractivity contribution is 6.07. The Hall–Kier alpha value is -3.10. The lowest BCUT2D eigenvalue weighted by molar-refractivity contribution is 0.0986. The molecule has 28 heavy (non-hydrogen) atoms. The predicted molar refractivity (Wildman–Crippen MR) is 111 cm³/mol. The lowest BCUT2D eigenvalue weighted by Crippen LogP contribution is -2.41. The van der Waals surface area contributed by atoms with Crippen molar-refractivity contribution in [1.82, 2.24) is 14.5 Å². The highest BCUT2D eigenvalue weighted by Gasteiger charge is 2.25. The first-order valence-electron chi connectivity index (χ1n) is 9.39. The molecule has 0 aliphatic carbocycles. The van der Waals surface area contributed by atoms with Crippen LogP contribution in [0.2, 0.25) is 0 Å². The molecule has 0 atom stereocenters. The van der Waals surface area contributed by atoms with Gasteiger partial charge in [0, 0.05) is 38.9 Å². The van der Waals surface area contributed by atoms with Crippen LogP contribution in [0.5, 0.6) is 0 Å². The monoisotopic (exact) mass is 388 g/mol. The molecule has 0 fully saturated rings. The Morgan fingerprint density at radius 1 is 1.25 bits per heavy atom. The molecule has 0 saturated heterocycles. The number of H-pyrrole nitrogens is 1. The van der Waals surface area contributed by atoms with Crippen LogP contribution in [0.4, 0.5) is 17.3 Å². The van der Waals surface area contributed by atoms with Crippen molar-refractivity contribution in [3.8, 4) is 0 Å². The van der Waals surface area contributed by atoms with Gasteiger partial charge in [0.1, 0.15) is 11.6 Å². The number of hydrogen-bond acceptors (Lipinski definition) is 6. The first-order chi connectivity index (χ1) is 13.3. The molecule has 2 aromatic heterocycles. The standard InChI is InChI=1S/C19H28N6O3/c1-5-7-11-24(18(27)13-8-9-21-14(12-13)23(3)4)15-16(20)25(10-6-2)19(28)22-17(15)26/h8-9,12H,5-7,10-11,20H2,1-4H3,(H,22,26,28). The van der Waals surface area contributed by atoms with Gasteiger partial charge in [-0.3, -0.25) is 19.1 Å². The van der Waals surface area contributed by atoms with Crippen molar-refractivity contribution in [3.63, 3.8) is 0 Å². The largest absolute Gasteiger partial charge is 0.383 e. The smallest absolute Gasteiger partial charge is 0.330 e. The minimum atomic E-state index is -0.666. The fraction of sp³-hybridized carbons (Fsp3) is 0.474. The maximum atomic E-state index is 13.3. The van der Waals surface area contributed by atoms with Gasteiger partial charge >= 0.3 is 5.69 Å².